The van der Waals surface area contributed by atoms with E-state index in [1.165, 1.54) is 4.88 Å². The summed E-state index contributed by atoms with van der Waals surface area (Å²) in [6.45, 7) is 1.38. The van der Waals surface area contributed by atoms with Crippen LogP contribution in [0, 0.1) is 0 Å². The van der Waals surface area contributed by atoms with Crippen molar-refractivity contribution in [3.05, 3.63) is 16.6 Å². The Labute approximate surface area is 87.0 Å². The van der Waals surface area contributed by atoms with E-state index < -0.39 is 0 Å². The van der Waals surface area contributed by atoms with Crippen molar-refractivity contribution in [1.82, 2.24) is 4.98 Å². The largest absolute Gasteiger partial charge is 0.350 e. The first kappa shape index (κ1) is 10.0. The van der Waals surface area contributed by atoms with Crippen LogP contribution in [0.15, 0.2) is 11.7 Å². The monoisotopic (exact) mass is 214 g/mol. The van der Waals surface area contributed by atoms with Gasteiger partial charge in [-0.1, -0.05) is 0 Å². The Bertz CT molecular complexity index is 260. The van der Waals surface area contributed by atoms with E-state index in [2.05, 4.69) is 4.98 Å². The highest BCUT2D eigenvalue weighted by Crippen LogP contribution is 2.14. The Balaban J connectivity index is 1.75. The number of nitrogens with two attached hydrogens (primary N) is 1. The van der Waals surface area contributed by atoms with Crippen molar-refractivity contribution in [2.24, 2.45) is 5.73 Å². The fraction of sp³-hybridized carbons (Fsp3) is 0.667. The van der Waals surface area contributed by atoms with Gasteiger partial charge in [-0.25, -0.2) is 0 Å². The first-order valence-corrected chi connectivity index (χ1v) is 5.58. The van der Waals surface area contributed by atoms with Gasteiger partial charge in [0.1, 0.15) is 0 Å². The van der Waals surface area contributed by atoms with Gasteiger partial charge in [0.05, 0.1) is 18.7 Å². The van der Waals surface area contributed by atoms with Crippen molar-refractivity contribution in [3.8, 4) is 0 Å². The van der Waals surface area contributed by atoms with Crippen LogP contribution < -0.4 is 5.73 Å². The van der Waals surface area contributed by atoms with Gasteiger partial charge >= 0.3 is 0 Å². The molecule has 1 aliphatic heterocycles. The van der Waals surface area contributed by atoms with E-state index in [4.69, 9.17) is 15.2 Å². The van der Waals surface area contributed by atoms with E-state index in [1.54, 1.807) is 11.3 Å². The fourth-order valence-electron chi connectivity index (χ4n) is 1.48. The van der Waals surface area contributed by atoms with Crippen LogP contribution in [0.1, 0.15) is 11.3 Å². The fourth-order valence-corrected chi connectivity index (χ4v) is 2.16. The van der Waals surface area contributed by atoms with E-state index >= 15 is 0 Å². The van der Waals surface area contributed by atoms with Gasteiger partial charge in [-0.05, 0) is 6.42 Å². The second kappa shape index (κ2) is 4.84. The molecule has 2 N–H and O–H groups in total. The normalized spacial score (nSPS) is 20.1. The summed E-state index contributed by atoms with van der Waals surface area (Å²) in [5.41, 5.74) is 7.79. The van der Waals surface area contributed by atoms with Crippen molar-refractivity contribution >= 4 is 11.3 Å². The minimum absolute atomic E-state index is 0.0959. The summed E-state index contributed by atoms with van der Waals surface area (Å²) in [6, 6.07) is 0.0959. The third kappa shape index (κ3) is 2.75. The summed E-state index contributed by atoms with van der Waals surface area (Å²) in [5, 5.41) is 0. The standard InChI is InChI=1S/C9H14N2O2S/c10-7(3-8-5-11-6-14-8)4-9-12-1-2-13-9/h5-7,9H,1-4,10H2. The van der Waals surface area contributed by atoms with E-state index in [9.17, 15) is 0 Å². The predicted molar refractivity (Wildman–Crippen MR) is 54.1 cm³/mol. The molecule has 1 aromatic heterocycles. The van der Waals surface area contributed by atoms with E-state index in [1.807, 2.05) is 11.7 Å². The topological polar surface area (TPSA) is 57.4 Å². The molecule has 4 nitrogen and oxygen atoms in total. The number of ether oxygens (including phenoxy) is 2. The van der Waals surface area contributed by atoms with Crippen molar-refractivity contribution in [2.75, 3.05) is 13.2 Å². The highest BCUT2D eigenvalue weighted by molar-refractivity contribution is 7.09. The molecule has 1 atom stereocenters. The lowest BCUT2D eigenvalue weighted by Crippen LogP contribution is -2.28. The average molecular weight is 214 g/mol. The zero-order chi connectivity index (χ0) is 9.80. The van der Waals surface area contributed by atoms with E-state index in [-0.39, 0.29) is 12.3 Å². The zero-order valence-electron chi connectivity index (χ0n) is 7.89. The lowest BCUT2D eigenvalue weighted by Gasteiger charge is -2.14. The van der Waals surface area contributed by atoms with Gasteiger partial charge in [-0.2, -0.15) is 0 Å². The highest BCUT2D eigenvalue weighted by atomic mass is 32.1. The van der Waals surface area contributed by atoms with E-state index in [0.29, 0.717) is 13.2 Å². The second-order valence-electron chi connectivity index (χ2n) is 3.34. The molecular weight excluding hydrogens is 200 g/mol. The molecule has 1 saturated heterocycles. The molecule has 2 heterocycles. The maximum absolute atomic E-state index is 5.96. The van der Waals surface area contributed by atoms with Crippen LogP contribution in [0.4, 0.5) is 0 Å². The molecule has 14 heavy (non-hydrogen) atoms. The summed E-state index contributed by atoms with van der Waals surface area (Å²) < 4.78 is 10.7. The van der Waals surface area contributed by atoms with Crippen LogP contribution in [0.25, 0.3) is 0 Å². The third-order valence-corrected chi connectivity index (χ3v) is 2.93. The Morgan fingerprint density at radius 3 is 3.00 bits per heavy atom. The number of aromatic nitrogens is 1. The lowest BCUT2D eigenvalue weighted by molar-refractivity contribution is -0.0504. The summed E-state index contributed by atoms with van der Waals surface area (Å²) in [7, 11) is 0. The summed E-state index contributed by atoms with van der Waals surface area (Å²) in [5.74, 6) is 0. The minimum Gasteiger partial charge on any atom is -0.350 e. The second-order valence-corrected chi connectivity index (χ2v) is 4.31. The zero-order valence-corrected chi connectivity index (χ0v) is 8.70. The Morgan fingerprint density at radius 2 is 2.36 bits per heavy atom. The minimum atomic E-state index is -0.0991. The number of nitrogens with zero attached hydrogens (tertiary/aromatic N) is 1. The maximum atomic E-state index is 5.96. The van der Waals surface area contributed by atoms with E-state index in [0.717, 1.165) is 12.8 Å². The smallest absolute Gasteiger partial charge is 0.159 e. The molecule has 0 spiro atoms. The number of hydrogen-bond donors (Lipinski definition) is 1. The molecule has 0 radical (unpaired) electrons. The van der Waals surface area contributed by atoms with Crippen molar-refractivity contribution < 1.29 is 9.47 Å². The van der Waals surface area contributed by atoms with Crippen molar-refractivity contribution in [2.45, 2.75) is 25.2 Å². The first-order chi connectivity index (χ1) is 6.84. The van der Waals surface area contributed by atoms with Crippen LogP contribution in [0.5, 0.6) is 0 Å². The van der Waals surface area contributed by atoms with Crippen LogP contribution >= 0.6 is 11.3 Å². The summed E-state index contributed by atoms with van der Waals surface area (Å²) in [4.78, 5) is 5.23. The Morgan fingerprint density at radius 1 is 1.57 bits per heavy atom. The number of rotatable bonds is 4. The predicted octanol–water partition coefficient (Wildman–Crippen LogP) is 0.776. The molecule has 0 aromatic carbocycles. The molecule has 1 unspecified atom stereocenters. The third-order valence-electron chi connectivity index (χ3n) is 2.13. The molecule has 1 aromatic rings. The van der Waals surface area contributed by atoms with Crippen LogP contribution in [-0.4, -0.2) is 30.5 Å². The molecule has 0 aliphatic carbocycles. The van der Waals surface area contributed by atoms with Gasteiger partial charge < -0.3 is 15.2 Å². The molecule has 1 aliphatic rings. The van der Waals surface area contributed by atoms with Gasteiger partial charge in [0.2, 0.25) is 0 Å². The summed E-state index contributed by atoms with van der Waals surface area (Å²) in [6.07, 6.45) is 3.38. The number of thiazole rings is 1. The van der Waals surface area contributed by atoms with Crippen LogP contribution in [0.3, 0.4) is 0 Å². The van der Waals surface area contributed by atoms with Gasteiger partial charge in [-0.15, -0.1) is 11.3 Å². The molecule has 1 fully saturated rings. The molecule has 78 valence electrons. The summed E-state index contributed by atoms with van der Waals surface area (Å²) >= 11 is 1.64. The first-order valence-electron chi connectivity index (χ1n) is 4.71. The molecule has 2 rings (SSSR count). The number of hydrogen-bond acceptors (Lipinski definition) is 5. The SMILES string of the molecule is NC(Cc1cncs1)CC1OCCO1. The Hall–Kier alpha value is -0.490. The quantitative estimate of drug-likeness (QED) is 0.804. The molecule has 0 saturated carbocycles. The molecular formula is C9H14N2O2S. The van der Waals surface area contributed by atoms with Gasteiger partial charge in [0.15, 0.2) is 6.29 Å². The average Bonchev–Trinajstić information content (AvgIpc) is 2.76. The van der Waals surface area contributed by atoms with Gasteiger partial charge in [0, 0.05) is 23.5 Å². The van der Waals surface area contributed by atoms with Crippen molar-refractivity contribution in [1.29, 1.82) is 0 Å². The molecule has 0 amide bonds. The van der Waals surface area contributed by atoms with Crippen LogP contribution in [0.2, 0.25) is 0 Å². The molecule has 0 bridgehead atoms. The highest BCUT2D eigenvalue weighted by Gasteiger charge is 2.19. The lowest BCUT2D eigenvalue weighted by atomic mass is 10.1. The maximum Gasteiger partial charge on any atom is 0.159 e. The van der Waals surface area contributed by atoms with Gasteiger partial charge in [-0.3, -0.25) is 4.98 Å². The van der Waals surface area contributed by atoms with Crippen LogP contribution in [-0.2, 0) is 15.9 Å². The van der Waals surface area contributed by atoms with Gasteiger partial charge in [0.25, 0.3) is 0 Å². The van der Waals surface area contributed by atoms with Crippen molar-refractivity contribution in [3.63, 3.8) is 0 Å². The Kier molecular flexibility index (Phi) is 3.47. The molecule has 5 heteroatoms.